The lowest BCUT2D eigenvalue weighted by molar-refractivity contribution is 0.267. The van der Waals surface area contributed by atoms with Crippen LogP contribution in [0.3, 0.4) is 0 Å². The summed E-state index contributed by atoms with van der Waals surface area (Å²) in [6.45, 7) is 4.42. The Bertz CT molecular complexity index is 953. The number of hydrogen-bond donors (Lipinski definition) is 3. The normalized spacial score (nSPS) is 16.8. The minimum absolute atomic E-state index is 0.0400. The highest BCUT2D eigenvalue weighted by Crippen LogP contribution is 2.34. The summed E-state index contributed by atoms with van der Waals surface area (Å²) in [5.41, 5.74) is 10.7. The Morgan fingerprint density at radius 1 is 1.29 bits per heavy atom. The number of nitrogens with two attached hydrogens (primary N) is 1. The lowest BCUT2D eigenvalue weighted by atomic mass is 10.1. The molecule has 0 aliphatic carbocycles. The predicted molar refractivity (Wildman–Crippen MR) is 91.9 cm³/mol. The summed E-state index contributed by atoms with van der Waals surface area (Å²) in [6, 6.07) is 7.91. The fourth-order valence-electron chi connectivity index (χ4n) is 3.31. The molecule has 0 spiro atoms. The summed E-state index contributed by atoms with van der Waals surface area (Å²) in [6.07, 6.45) is -0.332. The van der Waals surface area contributed by atoms with E-state index in [1.165, 1.54) is 0 Å². The molecule has 1 aromatic carbocycles. The second-order valence-corrected chi connectivity index (χ2v) is 5.84. The van der Waals surface area contributed by atoms with Crippen LogP contribution in [0.2, 0.25) is 0 Å². The first-order valence-corrected chi connectivity index (χ1v) is 7.82. The van der Waals surface area contributed by atoms with Gasteiger partial charge in [0.25, 0.3) is 0 Å². The Morgan fingerprint density at radius 3 is 2.88 bits per heavy atom. The molecule has 1 atom stereocenters. The predicted octanol–water partition coefficient (Wildman–Crippen LogP) is 1.13. The van der Waals surface area contributed by atoms with Gasteiger partial charge in [0.15, 0.2) is 12.1 Å². The summed E-state index contributed by atoms with van der Waals surface area (Å²) >= 11 is 0. The van der Waals surface area contributed by atoms with Crippen molar-refractivity contribution in [3.05, 3.63) is 41.2 Å². The Morgan fingerprint density at radius 2 is 2.08 bits per heavy atom. The number of aromatic nitrogens is 4. The molecular weight excluding hydrogens is 306 g/mol. The van der Waals surface area contributed by atoms with Gasteiger partial charge >= 0.3 is 0 Å². The second-order valence-electron chi connectivity index (χ2n) is 5.84. The van der Waals surface area contributed by atoms with E-state index in [9.17, 15) is 5.11 Å². The zero-order valence-corrected chi connectivity index (χ0v) is 13.6. The molecule has 24 heavy (non-hydrogen) atoms. The average molecular weight is 325 g/mol. The molecule has 3 aromatic rings. The summed E-state index contributed by atoms with van der Waals surface area (Å²) in [7, 11) is 0. The maximum atomic E-state index is 9.23. The minimum atomic E-state index is -0.332. The number of guanidine groups is 1. The summed E-state index contributed by atoms with van der Waals surface area (Å²) in [5, 5.41) is 16.8. The minimum Gasteiger partial charge on any atom is -0.394 e. The number of aliphatic hydroxyl groups is 1. The first-order valence-electron chi connectivity index (χ1n) is 7.82. The molecule has 0 amide bonds. The van der Waals surface area contributed by atoms with E-state index >= 15 is 0 Å². The van der Waals surface area contributed by atoms with E-state index in [0.717, 1.165) is 28.0 Å². The van der Waals surface area contributed by atoms with Crippen LogP contribution in [0.15, 0.2) is 29.3 Å². The van der Waals surface area contributed by atoms with Crippen LogP contribution in [-0.4, -0.2) is 37.0 Å². The number of para-hydroxylation sites is 2. The van der Waals surface area contributed by atoms with E-state index in [1.54, 1.807) is 4.68 Å². The molecule has 1 aliphatic heterocycles. The second kappa shape index (κ2) is 5.34. The third-order valence-corrected chi connectivity index (χ3v) is 4.35. The fourth-order valence-corrected chi connectivity index (χ4v) is 3.31. The third kappa shape index (κ3) is 2.07. The molecule has 4 N–H and O–H groups in total. The summed E-state index contributed by atoms with van der Waals surface area (Å²) < 4.78 is 3.84. The maximum Gasteiger partial charge on any atom is 0.212 e. The van der Waals surface area contributed by atoms with Gasteiger partial charge in [-0.05, 0) is 26.0 Å². The van der Waals surface area contributed by atoms with Crippen LogP contribution in [0.5, 0.6) is 0 Å². The summed E-state index contributed by atoms with van der Waals surface area (Å²) in [5.74, 6) is 0.999. The molecule has 0 fully saturated rings. The van der Waals surface area contributed by atoms with Crippen LogP contribution < -0.4 is 11.1 Å². The molecule has 8 heteroatoms. The smallest absolute Gasteiger partial charge is 0.212 e. The van der Waals surface area contributed by atoms with Gasteiger partial charge in [-0.2, -0.15) is 5.10 Å². The van der Waals surface area contributed by atoms with E-state index in [0.29, 0.717) is 18.5 Å². The Balaban J connectivity index is 1.95. The van der Waals surface area contributed by atoms with Crippen LogP contribution in [0, 0.1) is 13.8 Å². The SMILES string of the molecule is Cc1nn(CCO)c(C)c1[C@H]1N=C(N)Nc2nc3ccccc3n21. The number of aliphatic imine (C=N–C) groups is 1. The third-order valence-electron chi connectivity index (χ3n) is 4.35. The topological polar surface area (TPSA) is 106 Å². The highest BCUT2D eigenvalue weighted by atomic mass is 16.3. The van der Waals surface area contributed by atoms with Gasteiger partial charge in [-0.1, -0.05) is 12.1 Å². The number of fused-ring (bicyclic) bond motifs is 3. The van der Waals surface area contributed by atoms with Crippen molar-refractivity contribution in [3.8, 4) is 0 Å². The monoisotopic (exact) mass is 325 g/mol. The van der Waals surface area contributed by atoms with Gasteiger partial charge in [0, 0.05) is 11.3 Å². The highest BCUT2D eigenvalue weighted by molar-refractivity contribution is 5.94. The van der Waals surface area contributed by atoms with Crippen molar-refractivity contribution in [3.63, 3.8) is 0 Å². The number of imidazole rings is 1. The maximum absolute atomic E-state index is 9.23. The molecule has 0 unspecified atom stereocenters. The molecule has 0 bridgehead atoms. The van der Waals surface area contributed by atoms with Crippen molar-refractivity contribution in [2.24, 2.45) is 10.7 Å². The van der Waals surface area contributed by atoms with Gasteiger partial charge in [0.05, 0.1) is 29.9 Å². The van der Waals surface area contributed by atoms with E-state index in [4.69, 9.17) is 5.73 Å². The van der Waals surface area contributed by atoms with Gasteiger partial charge in [0.2, 0.25) is 5.95 Å². The van der Waals surface area contributed by atoms with Crippen LogP contribution >= 0.6 is 0 Å². The average Bonchev–Trinajstić information content (AvgIpc) is 3.04. The zero-order valence-electron chi connectivity index (χ0n) is 13.6. The van der Waals surface area contributed by atoms with Crippen LogP contribution in [0.4, 0.5) is 5.95 Å². The van der Waals surface area contributed by atoms with E-state index in [2.05, 4.69) is 20.4 Å². The molecule has 1 aliphatic rings. The van der Waals surface area contributed by atoms with Crippen LogP contribution in [-0.2, 0) is 6.54 Å². The largest absolute Gasteiger partial charge is 0.394 e. The quantitative estimate of drug-likeness (QED) is 0.669. The van der Waals surface area contributed by atoms with Gasteiger partial charge in [0.1, 0.15) is 0 Å². The molecule has 0 saturated carbocycles. The standard InChI is InChI=1S/C16H19N7O/c1-9-13(10(2)22(21-9)7-8-24)14-19-15(17)20-16-18-11-5-3-4-6-12(11)23(14)16/h3-6,14,24H,7-8H2,1-2H3,(H3,17,18,19,20)/t14-/m0/s1. The van der Waals surface area contributed by atoms with Crippen molar-refractivity contribution >= 4 is 22.9 Å². The van der Waals surface area contributed by atoms with Gasteiger partial charge in [-0.15, -0.1) is 0 Å². The van der Waals surface area contributed by atoms with Crippen LogP contribution in [0.1, 0.15) is 23.1 Å². The van der Waals surface area contributed by atoms with E-state index in [1.807, 2.05) is 42.7 Å². The molecular formula is C16H19N7O. The van der Waals surface area contributed by atoms with Gasteiger partial charge in [-0.25, -0.2) is 9.98 Å². The van der Waals surface area contributed by atoms with E-state index < -0.39 is 0 Å². The molecule has 8 nitrogen and oxygen atoms in total. The first kappa shape index (κ1) is 14.7. The van der Waals surface area contributed by atoms with Crippen LogP contribution in [0.25, 0.3) is 11.0 Å². The molecule has 124 valence electrons. The fraction of sp³-hybridized carbons (Fsp3) is 0.312. The number of anilines is 1. The molecule has 0 saturated heterocycles. The molecule has 4 rings (SSSR count). The lowest BCUT2D eigenvalue weighted by Gasteiger charge is -2.24. The first-order chi connectivity index (χ1) is 11.6. The number of aliphatic hydroxyl groups excluding tert-OH is 1. The van der Waals surface area contributed by atoms with Crippen molar-refractivity contribution in [1.29, 1.82) is 0 Å². The zero-order chi connectivity index (χ0) is 16.8. The molecule has 2 aromatic heterocycles. The highest BCUT2D eigenvalue weighted by Gasteiger charge is 2.29. The van der Waals surface area contributed by atoms with Crippen molar-refractivity contribution in [2.45, 2.75) is 26.6 Å². The Kier molecular flexibility index (Phi) is 3.27. The number of hydrogen-bond acceptors (Lipinski definition) is 6. The number of benzene rings is 1. The lowest BCUT2D eigenvalue weighted by Crippen LogP contribution is -2.31. The molecule has 3 heterocycles. The van der Waals surface area contributed by atoms with Crippen molar-refractivity contribution in [2.75, 3.05) is 11.9 Å². The van der Waals surface area contributed by atoms with E-state index in [-0.39, 0.29) is 12.8 Å². The number of nitrogens with zero attached hydrogens (tertiary/aromatic N) is 5. The van der Waals surface area contributed by atoms with Crippen molar-refractivity contribution in [1.82, 2.24) is 19.3 Å². The van der Waals surface area contributed by atoms with Gasteiger partial charge < -0.3 is 10.8 Å². The Hall–Kier alpha value is -2.87. The Labute approximate surface area is 138 Å². The number of rotatable bonds is 3. The molecule has 0 radical (unpaired) electrons. The number of aryl methyl sites for hydroxylation is 1. The summed E-state index contributed by atoms with van der Waals surface area (Å²) in [4.78, 5) is 9.21. The number of nitrogens with one attached hydrogen (secondary N) is 1. The van der Waals surface area contributed by atoms with Crippen molar-refractivity contribution < 1.29 is 5.11 Å². The van der Waals surface area contributed by atoms with Gasteiger partial charge in [-0.3, -0.25) is 14.6 Å².